The molecule has 1 saturated carbocycles. The van der Waals surface area contributed by atoms with E-state index in [1.165, 1.54) is 45.3 Å². The maximum absolute atomic E-state index is 5.66. The summed E-state index contributed by atoms with van der Waals surface area (Å²) in [6, 6.07) is 0.767. The molecule has 1 aliphatic carbocycles. The lowest BCUT2D eigenvalue weighted by atomic mass is 9.94. The Morgan fingerprint density at radius 2 is 2.00 bits per heavy atom. The molecule has 3 heteroatoms. The van der Waals surface area contributed by atoms with Gasteiger partial charge in [0.05, 0.1) is 6.61 Å². The minimum atomic E-state index is 0.767. The zero-order valence-corrected chi connectivity index (χ0v) is 10.2. The van der Waals surface area contributed by atoms with Crippen LogP contribution in [0.15, 0.2) is 0 Å². The molecule has 3 atom stereocenters. The summed E-state index contributed by atoms with van der Waals surface area (Å²) in [6.07, 6.45) is 5.54. The second kappa shape index (κ2) is 5.03. The fraction of sp³-hybridized carbons (Fsp3) is 1.00. The van der Waals surface area contributed by atoms with Crippen LogP contribution in [0, 0.1) is 11.8 Å². The average Bonchev–Trinajstić information content (AvgIpc) is 3.05. The van der Waals surface area contributed by atoms with Crippen LogP contribution in [0.2, 0.25) is 0 Å². The van der Waals surface area contributed by atoms with Crippen LogP contribution in [-0.2, 0) is 4.74 Å². The summed E-state index contributed by atoms with van der Waals surface area (Å²) in [7, 11) is 0. The quantitative estimate of drug-likeness (QED) is 0.684. The van der Waals surface area contributed by atoms with Crippen molar-refractivity contribution < 1.29 is 4.74 Å². The number of fused-ring (bicyclic) bond motifs is 2. The molecule has 2 saturated heterocycles. The largest absolute Gasteiger partial charge is 0.380 e. The highest BCUT2D eigenvalue weighted by Gasteiger charge is 2.33. The van der Waals surface area contributed by atoms with Gasteiger partial charge in [-0.2, -0.15) is 0 Å². The lowest BCUT2D eigenvalue weighted by Gasteiger charge is -2.31. The highest BCUT2D eigenvalue weighted by atomic mass is 16.5. The van der Waals surface area contributed by atoms with Crippen molar-refractivity contribution in [2.75, 3.05) is 39.4 Å². The van der Waals surface area contributed by atoms with Gasteiger partial charge in [-0.1, -0.05) is 0 Å². The highest BCUT2D eigenvalue weighted by Crippen LogP contribution is 2.29. The first-order valence-electron chi connectivity index (χ1n) is 6.95. The fourth-order valence-electron chi connectivity index (χ4n) is 3.07. The van der Waals surface area contributed by atoms with E-state index < -0.39 is 0 Å². The minimum Gasteiger partial charge on any atom is -0.380 e. The summed E-state index contributed by atoms with van der Waals surface area (Å²) in [4.78, 5) is 2.60. The number of rotatable bonds is 6. The summed E-state index contributed by atoms with van der Waals surface area (Å²) in [6.45, 7) is 6.93. The second-order valence-corrected chi connectivity index (χ2v) is 5.72. The molecule has 3 nitrogen and oxygen atoms in total. The van der Waals surface area contributed by atoms with E-state index in [0.29, 0.717) is 0 Å². The third-order valence-corrected chi connectivity index (χ3v) is 4.34. The zero-order valence-electron chi connectivity index (χ0n) is 10.2. The predicted molar refractivity (Wildman–Crippen MR) is 64.5 cm³/mol. The Bertz CT molecular complexity index is 230. The number of hydrogen-bond acceptors (Lipinski definition) is 3. The van der Waals surface area contributed by atoms with E-state index >= 15 is 0 Å². The Labute approximate surface area is 98.5 Å². The molecule has 2 heterocycles. The number of nitrogens with one attached hydrogen (secondary N) is 1. The van der Waals surface area contributed by atoms with Gasteiger partial charge < -0.3 is 15.0 Å². The van der Waals surface area contributed by atoms with Crippen LogP contribution in [0.25, 0.3) is 0 Å². The van der Waals surface area contributed by atoms with Crippen molar-refractivity contribution in [3.8, 4) is 0 Å². The molecule has 3 fully saturated rings. The highest BCUT2D eigenvalue weighted by molar-refractivity contribution is 4.90. The molecule has 1 N–H and O–H groups in total. The van der Waals surface area contributed by atoms with Crippen molar-refractivity contribution in [3.63, 3.8) is 0 Å². The monoisotopic (exact) mass is 224 g/mol. The molecule has 3 unspecified atom stereocenters. The Balaban J connectivity index is 1.29. The van der Waals surface area contributed by atoms with Gasteiger partial charge in [0.2, 0.25) is 0 Å². The van der Waals surface area contributed by atoms with Crippen LogP contribution >= 0.6 is 0 Å². The normalized spacial score (nSPS) is 37.9. The maximum atomic E-state index is 5.66. The molecule has 3 aliphatic rings. The molecule has 0 aromatic rings. The minimum absolute atomic E-state index is 0.767. The van der Waals surface area contributed by atoms with Gasteiger partial charge >= 0.3 is 0 Å². The Kier molecular flexibility index (Phi) is 3.46. The summed E-state index contributed by atoms with van der Waals surface area (Å²) >= 11 is 0. The lowest BCUT2D eigenvalue weighted by molar-refractivity contribution is 0.118. The van der Waals surface area contributed by atoms with Gasteiger partial charge in [0.25, 0.3) is 0 Å². The predicted octanol–water partition coefficient (Wildman–Crippen LogP) is 1.10. The molecule has 2 bridgehead atoms. The molecule has 0 radical (unpaired) electrons. The van der Waals surface area contributed by atoms with Crippen molar-refractivity contribution in [1.29, 1.82) is 0 Å². The lowest BCUT2D eigenvalue weighted by Crippen LogP contribution is -2.44. The molecular weight excluding hydrogens is 200 g/mol. The van der Waals surface area contributed by atoms with E-state index in [9.17, 15) is 0 Å². The van der Waals surface area contributed by atoms with Crippen molar-refractivity contribution in [2.45, 2.75) is 31.7 Å². The standard InChI is InChI=1S/C13H24N2O/c1-2-11(1)10-16-8-5-14-13-4-7-15-6-3-12(13)9-15/h11-14H,1-10H2. The molecule has 16 heavy (non-hydrogen) atoms. The Hall–Kier alpha value is -0.120. The first-order valence-corrected chi connectivity index (χ1v) is 6.95. The van der Waals surface area contributed by atoms with Crippen molar-refractivity contribution in [1.82, 2.24) is 10.2 Å². The summed E-state index contributed by atoms with van der Waals surface area (Å²) in [5.74, 6) is 1.82. The molecule has 0 aromatic carbocycles. The number of hydrogen-bond donors (Lipinski definition) is 1. The van der Waals surface area contributed by atoms with Gasteiger partial charge in [0, 0.05) is 25.7 Å². The molecule has 0 amide bonds. The van der Waals surface area contributed by atoms with E-state index in [0.717, 1.165) is 37.6 Å². The fourth-order valence-corrected chi connectivity index (χ4v) is 3.07. The summed E-state index contributed by atoms with van der Waals surface area (Å²) < 4.78 is 5.66. The van der Waals surface area contributed by atoms with Gasteiger partial charge in [-0.3, -0.25) is 0 Å². The van der Waals surface area contributed by atoms with E-state index in [2.05, 4.69) is 10.2 Å². The van der Waals surface area contributed by atoms with Crippen LogP contribution in [0.5, 0.6) is 0 Å². The van der Waals surface area contributed by atoms with Gasteiger partial charge in [-0.05, 0) is 50.6 Å². The molecule has 0 aromatic heterocycles. The topological polar surface area (TPSA) is 24.5 Å². The maximum Gasteiger partial charge on any atom is 0.0591 e. The van der Waals surface area contributed by atoms with E-state index in [4.69, 9.17) is 4.74 Å². The Morgan fingerprint density at radius 3 is 2.88 bits per heavy atom. The van der Waals surface area contributed by atoms with Gasteiger partial charge in [-0.25, -0.2) is 0 Å². The first kappa shape index (κ1) is 11.0. The summed E-state index contributed by atoms with van der Waals surface area (Å²) in [5.41, 5.74) is 0. The van der Waals surface area contributed by atoms with Crippen molar-refractivity contribution in [2.24, 2.45) is 11.8 Å². The van der Waals surface area contributed by atoms with Gasteiger partial charge in [-0.15, -0.1) is 0 Å². The van der Waals surface area contributed by atoms with Crippen molar-refractivity contribution in [3.05, 3.63) is 0 Å². The van der Waals surface area contributed by atoms with E-state index in [1.54, 1.807) is 0 Å². The number of nitrogens with zero attached hydrogens (tertiary/aromatic N) is 1. The SMILES string of the molecule is C(COCC1CC1)NC1CCN2CCC1C2. The second-order valence-electron chi connectivity index (χ2n) is 5.72. The van der Waals surface area contributed by atoms with Crippen LogP contribution in [0.1, 0.15) is 25.7 Å². The number of ether oxygens (including phenoxy) is 1. The molecular formula is C13H24N2O. The van der Waals surface area contributed by atoms with Crippen LogP contribution in [0.3, 0.4) is 0 Å². The van der Waals surface area contributed by atoms with E-state index in [-0.39, 0.29) is 0 Å². The van der Waals surface area contributed by atoms with Crippen LogP contribution < -0.4 is 5.32 Å². The van der Waals surface area contributed by atoms with Crippen LogP contribution in [-0.4, -0.2) is 50.3 Å². The molecule has 2 aliphatic heterocycles. The smallest absolute Gasteiger partial charge is 0.0591 e. The third-order valence-electron chi connectivity index (χ3n) is 4.34. The van der Waals surface area contributed by atoms with Crippen molar-refractivity contribution >= 4 is 0 Å². The van der Waals surface area contributed by atoms with E-state index in [1.807, 2.05) is 0 Å². The average molecular weight is 224 g/mol. The zero-order chi connectivity index (χ0) is 10.8. The molecule has 0 spiro atoms. The van der Waals surface area contributed by atoms with Crippen LogP contribution in [0.4, 0.5) is 0 Å². The Morgan fingerprint density at radius 1 is 1.12 bits per heavy atom. The third kappa shape index (κ3) is 2.76. The molecule has 92 valence electrons. The van der Waals surface area contributed by atoms with Gasteiger partial charge in [0.15, 0.2) is 0 Å². The molecule has 3 rings (SSSR count). The summed E-state index contributed by atoms with van der Waals surface area (Å²) in [5, 5.41) is 3.69. The number of piperidine rings is 1. The first-order chi connectivity index (χ1) is 7.92. The van der Waals surface area contributed by atoms with Gasteiger partial charge in [0.1, 0.15) is 0 Å².